The van der Waals surface area contributed by atoms with Gasteiger partial charge in [-0.3, -0.25) is 0 Å². The third-order valence-corrected chi connectivity index (χ3v) is 3.60. The molecular weight excluding hydrogens is 260 g/mol. The second-order valence-corrected chi connectivity index (χ2v) is 5.10. The SMILES string of the molecule is NCc1ccc(Cl)cc1Oc1ccc2c(n1)CCC2. The predicted octanol–water partition coefficient (Wildman–Crippen LogP) is 3.47. The highest BCUT2D eigenvalue weighted by molar-refractivity contribution is 6.30. The fraction of sp³-hybridized carbons (Fsp3) is 0.267. The van der Waals surface area contributed by atoms with Crippen molar-refractivity contribution >= 4 is 11.6 Å². The molecule has 1 aliphatic rings. The Hall–Kier alpha value is -1.58. The molecule has 0 fully saturated rings. The summed E-state index contributed by atoms with van der Waals surface area (Å²) in [5.74, 6) is 1.29. The van der Waals surface area contributed by atoms with Crippen LogP contribution in [0.5, 0.6) is 11.6 Å². The lowest BCUT2D eigenvalue weighted by molar-refractivity contribution is 0.455. The number of fused-ring (bicyclic) bond motifs is 1. The smallest absolute Gasteiger partial charge is 0.219 e. The molecule has 1 aromatic carbocycles. The van der Waals surface area contributed by atoms with Crippen molar-refractivity contribution in [1.29, 1.82) is 0 Å². The first-order valence-electron chi connectivity index (χ1n) is 6.41. The van der Waals surface area contributed by atoms with Crippen LogP contribution in [0.2, 0.25) is 5.02 Å². The summed E-state index contributed by atoms with van der Waals surface area (Å²) in [6, 6.07) is 9.47. The minimum atomic E-state index is 0.414. The number of halogens is 1. The van der Waals surface area contributed by atoms with Crippen molar-refractivity contribution in [1.82, 2.24) is 4.98 Å². The molecule has 1 aliphatic carbocycles. The fourth-order valence-corrected chi connectivity index (χ4v) is 2.52. The van der Waals surface area contributed by atoms with Crippen LogP contribution in [0.4, 0.5) is 0 Å². The summed E-state index contributed by atoms with van der Waals surface area (Å²) in [6.07, 6.45) is 3.33. The van der Waals surface area contributed by atoms with Gasteiger partial charge in [0.2, 0.25) is 5.88 Å². The van der Waals surface area contributed by atoms with Gasteiger partial charge in [0.05, 0.1) is 0 Å². The van der Waals surface area contributed by atoms with Crippen LogP contribution in [0.25, 0.3) is 0 Å². The summed E-state index contributed by atoms with van der Waals surface area (Å²) in [5, 5.41) is 0.633. The van der Waals surface area contributed by atoms with E-state index in [0.29, 0.717) is 23.2 Å². The molecule has 1 aromatic heterocycles. The van der Waals surface area contributed by atoms with E-state index in [1.807, 2.05) is 18.2 Å². The lowest BCUT2D eigenvalue weighted by Gasteiger charge is -2.10. The van der Waals surface area contributed by atoms with Gasteiger partial charge >= 0.3 is 0 Å². The Morgan fingerprint density at radius 1 is 1.21 bits per heavy atom. The Kier molecular flexibility index (Phi) is 3.40. The van der Waals surface area contributed by atoms with Gasteiger partial charge in [-0.05, 0) is 37.0 Å². The third-order valence-electron chi connectivity index (χ3n) is 3.37. The predicted molar refractivity (Wildman–Crippen MR) is 75.7 cm³/mol. The number of ether oxygens (including phenoxy) is 1. The number of nitrogens with zero attached hydrogens (tertiary/aromatic N) is 1. The molecule has 2 N–H and O–H groups in total. The Balaban J connectivity index is 1.90. The first-order chi connectivity index (χ1) is 9.26. The van der Waals surface area contributed by atoms with Crippen LogP contribution in [0.3, 0.4) is 0 Å². The average molecular weight is 275 g/mol. The van der Waals surface area contributed by atoms with Gasteiger partial charge in [-0.2, -0.15) is 0 Å². The van der Waals surface area contributed by atoms with Gasteiger partial charge < -0.3 is 10.5 Å². The molecule has 19 heavy (non-hydrogen) atoms. The van der Waals surface area contributed by atoms with Crippen LogP contribution in [0.1, 0.15) is 23.2 Å². The van der Waals surface area contributed by atoms with Crippen molar-refractivity contribution in [2.24, 2.45) is 5.73 Å². The molecule has 98 valence electrons. The van der Waals surface area contributed by atoms with E-state index in [-0.39, 0.29) is 0 Å². The molecule has 2 aromatic rings. The number of nitrogens with two attached hydrogens (primary N) is 1. The van der Waals surface area contributed by atoms with Gasteiger partial charge in [0.25, 0.3) is 0 Å². The Morgan fingerprint density at radius 3 is 2.95 bits per heavy atom. The maximum absolute atomic E-state index is 5.99. The van der Waals surface area contributed by atoms with Crippen molar-refractivity contribution in [2.75, 3.05) is 0 Å². The molecule has 3 nitrogen and oxygen atoms in total. The molecule has 0 saturated heterocycles. The summed E-state index contributed by atoms with van der Waals surface area (Å²) in [6.45, 7) is 0.414. The van der Waals surface area contributed by atoms with Crippen molar-refractivity contribution in [2.45, 2.75) is 25.8 Å². The van der Waals surface area contributed by atoms with E-state index in [2.05, 4.69) is 11.1 Å². The standard InChI is InChI=1S/C15H15ClN2O/c16-12-6-4-11(9-17)14(8-12)19-15-7-5-10-2-1-3-13(10)18-15/h4-8H,1-3,9,17H2. The minimum absolute atomic E-state index is 0.414. The number of benzene rings is 1. The van der Waals surface area contributed by atoms with Crippen molar-refractivity contribution in [3.8, 4) is 11.6 Å². The zero-order valence-electron chi connectivity index (χ0n) is 10.5. The molecule has 3 rings (SSSR count). The van der Waals surface area contributed by atoms with E-state index in [1.165, 1.54) is 12.0 Å². The first-order valence-corrected chi connectivity index (χ1v) is 6.79. The molecule has 0 atom stereocenters. The van der Waals surface area contributed by atoms with E-state index in [0.717, 1.165) is 24.1 Å². The molecule has 0 bridgehead atoms. The van der Waals surface area contributed by atoms with E-state index in [9.17, 15) is 0 Å². The van der Waals surface area contributed by atoms with E-state index in [4.69, 9.17) is 22.1 Å². The Bertz CT molecular complexity index is 613. The molecule has 0 spiro atoms. The first kappa shape index (κ1) is 12.5. The summed E-state index contributed by atoms with van der Waals surface area (Å²) in [7, 11) is 0. The average Bonchev–Trinajstić information content (AvgIpc) is 2.86. The topological polar surface area (TPSA) is 48.1 Å². The van der Waals surface area contributed by atoms with E-state index in [1.54, 1.807) is 6.07 Å². The largest absolute Gasteiger partial charge is 0.439 e. The van der Waals surface area contributed by atoms with Gasteiger partial charge in [0.1, 0.15) is 5.75 Å². The normalized spacial score (nSPS) is 13.4. The highest BCUT2D eigenvalue weighted by Gasteiger charge is 2.14. The molecule has 1 heterocycles. The second-order valence-electron chi connectivity index (χ2n) is 4.67. The maximum atomic E-state index is 5.99. The number of aryl methyl sites for hydroxylation is 2. The van der Waals surface area contributed by atoms with Gasteiger partial charge in [-0.25, -0.2) is 4.98 Å². The number of pyridine rings is 1. The summed E-state index contributed by atoms with van der Waals surface area (Å²) in [5.41, 5.74) is 9.10. The number of rotatable bonds is 3. The number of aromatic nitrogens is 1. The minimum Gasteiger partial charge on any atom is -0.439 e. The van der Waals surface area contributed by atoms with Gasteiger partial charge in [-0.15, -0.1) is 0 Å². The van der Waals surface area contributed by atoms with Crippen LogP contribution < -0.4 is 10.5 Å². The monoisotopic (exact) mass is 274 g/mol. The molecule has 0 amide bonds. The van der Waals surface area contributed by atoms with Gasteiger partial charge in [-0.1, -0.05) is 23.7 Å². The van der Waals surface area contributed by atoms with E-state index < -0.39 is 0 Å². The molecule has 0 saturated carbocycles. The Morgan fingerprint density at radius 2 is 2.11 bits per heavy atom. The third kappa shape index (κ3) is 2.57. The lowest BCUT2D eigenvalue weighted by atomic mass is 10.2. The zero-order valence-corrected chi connectivity index (χ0v) is 11.3. The highest BCUT2D eigenvalue weighted by Crippen LogP contribution is 2.29. The van der Waals surface area contributed by atoms with Crippen molar-refractivity contribution < 1.29 is 4.74 Å². The van der Waals surface area contributed by atoms with Crippen LogP contribution in [0.15, 0.2) is 30.3 Å². The van der Waals surface area contributed by atoms with E-state index >= 15 is 0 Å². The van der Waals surface area contributed by atoms with Crippen molar-refractivity contribution in [3.63, 3.8) is 0 Å². The second kappa shape index (κ2) is 5.19. The van der Waals surface area contributed by atoms with Crippen LogP contribution >= 0.6 is 11.6 Å². The summed E-state index contributed by atoms with van der Waals surface area (Å²) < 4.78 is 5.83. The Labute approximate surface area is 117 Å². The fourth-order valence-electron chi connectivity index (χ4n) is 2.36. The molecule has 0 aliphatic heterocycles. The number of hydrogen-bond acceptors (Lipinski definition) is 3. The quantitative estimate of drug-likeness (QED) is 0.932. The van der Waals surface area contributed by atoms with Crippen LogP contribution in [0, 0.1) is 0 Å². The summed E-state index contributed by atoms with van der Waals surface area (Å²) in [4.78, 5) is 4.55. The summed E-state index contributed by atoms with van der Waals surface area (Å²) >= 11 is 5.99. The number of hydrogen-bond donors (Lipinski definition) is 1. The van der Waals surface area contributed by atoms with Crippen LogP contribution in [-0.4, -0.2) is 4.98 Å². The van der Waals surface area contributed by atoms with Gasteiger partial charge in [0, 0.05) is 28.9 Å². The zero-order chi connectivity index (χ0) is 13.2. The van der Waals surface area contributed by atoms with Gasteiger partial charge in [0.15, 0.2) is 0 Å². The van der Waals surface area contributed by atoms with Crippen LogP contribution in [-0.2, 0) is 19.4 Å². The highest BCUT2D eigenvalue weighted by atomic mass is 35.5. The maximum Gasteiger partial charge on any atom is 0.219 e. The van der Waals surface area contributed by atoms with Crippen molar-refractivity contribution in [3.05, 3.63) is 52.2 Å². The molecule has 4 heteroatoms. The lowest BCUT2D eigenvalue weighted by Crippen LogP contribution is -2.00. The molecular formula is C15H15ClN2O. The molecule has 0 unspecified atom stereocenters. The molecule has 0 radical (unpaired) electrons.